The summed E-state index contributed by atoms with van der Waals surface area (Å²) in [6, 6.07) is 19.2. The molecule has 3 rings (SSSR count). The Morgan fingerprint density at radius 2 is 1.81 bits per heavy atom. The van der Waals surface area contributed by atoms with E-state index in [1.54, 1.807) is 14.0 Å². The van der Waals surface area contributed by atoms with Gasteiger partial charge in [-0.05, 0) is 48.9 Å². The Hall–Kier alpha value is -3.34. The first-order chi connectivity index (χ1) is 12.7. The van der Waals surface area contributed by atoms with Gasteiger partial charge in [0.25, 0.3) is 0 Å². The molecule has 0 saturated heterocycles. The van der Waals surface area contributed by atoms with Crippen LogP contribution in [0.5, 0.6) is 5.75 Å². The fourth-order valence-electron chi connectivity index (χ4n) is 2.52. The van der Waals surface area contributed by atoms with Crippen molar-refractivity contribution in [3.8, 4) is 17.0 Å². The van der Waals surface area contributed by atoms with Crippen molar-refractivity contribution in [3.63, 3.8) is 0 Å². The van der Waals surface area contributed by atoms with Crippen LogP contribution in [-0.4, -0.2) is 29.6 Å². The number of ether oxygens (including phenoxy) is 2. The van der Waals surface area contributed by atoms with Crippen molar-refractivity contribution in [3.05, 3.63) is 71.9 Å². The largest absolute Gasteiger partial charge is 0.497 e. The molecule has 0 aliphatic heterocycles. The Morgan fingerprint density at radius 1 is 1.08 bits per heavy atom. The molecule has 26 heavy (non-hydrogen) atoms. The van der Waals surface area contributed by atoms with Crippen LogP contribution in [0.1, 0.15) is 18.2 Å². The van der Waals surface area contributed by atoms with Crippen molar-refractivity contribution >= 4 is 18.2 Å². The molecule has 2 aromatic carbocycles. The third kappa shape index (κ3) is 4.00. The predicted molar refractivity (Wildman–Crippen MR) is 102 cm³/mol. The van der Waals surface area contributed by atoms with Crippen LogP contribution < -0.4 is 4.74 Å². The van der Waals surface area contributed by atoms with Crippen LogP contribution >= 0.6 is 0 Å². The van der Waals surface area contributed by atoms with E-state index in [4.69, 9.17) is 9.47 Å². The van der Waals surface area contributed by atoms with E-state index in [0.29, 0.717) is 11.4 Å². The second kappa shape index (κ2) is 8.16. The normalized spacial score (nSPS) is 10.8. The van der Waals surface area contributed by atoms with E-state index in [-0.39, 0.29) is 6.61 Å². The fourth-order valence-corrected chi connectivity index (χ4v) is 2.52. The van der Waals surface area contributed by atoms with Gasteiger partial charge in [0.2, 0.25) is 0 Å². The third-order valence-electron chi connectivity index (χ3n) is 3.80. The zero-order valence-electron chi connectivity index (χ0n) is 14.8. The molecule has 5 heteroatoms. The van der Waals surface area contributed by atoms with Crippen molar-refractivity contribution in [1.82, 2.24) is 9.78 Å². The first-order valence-corrected chi connectivity index (χ1v) is 8.36. The minimum absolute atomic E-state index is 0.288. The van der Waals surface area contributed by atoms with Gasteiger partial charge in [-0.2, -0.15) is 9.78 Å². The summed E-state index contributed by atoms with van der Waals surface area (Å²) in [7, 11) is 1.62. The first kappa shape index (κ1) is 17.5. The summed E-state index contributed by atoms with van der Waals surface area (Å²) in [5, 5.41) is 4.39. The minimum atomic E-state index is -0.502. The molecule has 0 spiro atoms. The molecular weight excluding hydrogens is 328 g/mol. The molecule has 1 aromatic heterocycles. The highest BCUT2D eigenvalue weighted by Crippen LogP contribution is 2.24. The molecule has 0 unspecified atom stereocenters. The number of nitrogens with zero attached hydrogens (tertiary/aromatic N) is 2. The fraction of sp³-hybridized carbons (Fsp3) is 0.143. The average molecular weight is 348 g/mol. The molecule has 0 bridgehead atoms. The number of methoxy groups -OCH3 is 1. The molecule has 1 heterocycles. The molecule has 0 aliphatic carbocycles. The highest BCUT2D eigenvalue weighted by Gasteiger charge is 2.16. The van der Waals surface area contributed by atoms with E-state index in [1.165, 1.54) is 4.68 Å². The van der Waals surface area contributed by atoms with Gasteiger partial charge >= 0.3 is 6.09 Å². The summed E-state index contributed by atoms with van der Waals surface area (Å²) in [4.78, 5) is 12.3. The van der Waals surface area contributed by atoms with Gasteiger partial charge in [0, 0.05) is 5.56 Å². The zero-order valence-corrected chi connectivity index (χ0v) is 14.8. The van der Waals surface area contributed by atoms with Gasteiger partial charge in [-0.3, -0.25) is 0 Å². The van der Waals surface area contributed by atoms with Gasteiger partial charge in [-0.1, -0.05) is 36.4 Å². The molecule has 132 valence electrons. The number of rotatable bonds is 5. The maximum atomic E-state index is 12.3. The quantitative estimate of drug-likeness (QED) is 0.669. The second-order valence-electron chi connectivity index (χ2n) is 5.54. The van der Waals surface area contributed by atoms with Gasteiger partial charge < -0.3 is 9.47 Å². The lowest BCUT2D eigenvalue weighted by molar-refractivity contribution is 0.151. The lowest BCUT2D eigenvalue weighted by Crippen LogP contribution is -2.16. The van der Waals surface area contributed by atoms with Gasteiger partial charge in [0.15, 0.2) is 0 Å². The van der Waals surface area contributed by atoms with Crippen LogP contribution in [0.15, 0.2) is 60.7 Å². The Labute approximate surface area is 152 Å². The lowest BCUT2D eigenvalue weighted by atomic mass is 10.1. The van der Waals surface area contributed by atoms with Crippen molar-refractivity contribution in [2.75, 3.05) is 13.7 Å². The van der Waals surface area contributed by atoms with E-state index in [9.17, 15) is 4.79 Å². The number of benzene rings is 2. The topological polar surface area (TPSA) is 53.4 Å². The third-order valence-corrected chi connectivity index (χ3v) is 3.80. The highest BCUT2D eigenvalue weighted by atomic mass is 16.6. The summed E-state index contributed by atoms with van der Waals surface area (Å²) >= 11 is 0. The molecule has 3 aromatic rings. The molecule has 5 nitrogen and oxygen atoms in total. The van der Waals surface area contributed by atoms with Gasteiger partial charge in [0.05, 0.1) is 25.1 Å². The summed E-state index contributed by atoms with van der Waals surface area (Å²) in [6.07, 6.45) is 3.32. The van der Waals surface area contributed by atoms with Crippen molar-refractivity contribution in [2.24, 2.45) is 0 Å². The predicted octanol–water partition coefficient (Wildman–Crippen LogP) is 4.73. The van der Waals surface area contributed by atoms with Crippen LogP contribution in [0.2, 0.25) is 0 Å². The van der Waals surface area contributed by atoms with Crippen LogP contribution in [0.25, 0.3) is 23.4 Å². The molecular formula is C21H20N2O3. The van der Waals surface area contributed by atoms with Gasteiger partial charge in [-0.25, -0.2) is 4.79 Å². The smallest absolute Gasteiger partial charge is 0.435 e. The molecule has 0 N–H and O–H groups in total. The molecule has 0 fully saturated rings. The van der Waals surface area contributed by atoms with E-state index in [1.807, 2.05) is 72.8 Å². The zero-order chi connectivity index (χ0) is 18.4. The maximum Gasteiger partial charge on any atom is 0.435 e. The lowest BCUT2D eigenvalue weighted by Gasteiger charge is -2.06. The maximum absolute atomic E-state index is 12.3. The Morgan fingerprint density at radius 3 is 2.46 bits per heavy atom. The Balaban J connectivity index is 1.97. The van der Waals surface area contributed by atoms with Gasteiger partial charge in [0.1, 0.15) is 5.75 Å². The summed E-state index contributed by atoms with van der Waals surface area (Å²) in [6.45, 7) is 2.06. The molecule has 0 saturated carbocycles. The van der Waals surface area contributed by atoms with Crippen molar-refractivity contribution in [2.45, 2.75) is 6.92 Å². The van der Waals surface area contributed by atoms with Crippen LogP contribution in [0, 0.1) is 0 Å². The van der Waals surface area contributed by atoms with Crippen molar-refractivity contribution < 1.29 is 14.3 Å². The van der Waals surface area contributed by atoms with Crippen molar-refractivity contribution in [1.29, 1.82) is 0 Å². The minimum Gasteiger partial charge on any atom is -0.497 e. The summed E-state index contributed by atoms with van der Waals surface area (Å²) in [5.41, 5.74) is 3.25. The average Bonchev–Trinajstić information content (AvgIpc) is 3.12. The van der Waals surface area contributed by atoms with Crippen LogP contribution in [-0.2, 0) is 4.74 Å². The number of aromatic nitrogens is 2. The van der Waals surface area contributed by atoms with Crippen LogP contribution in [0.4, 0.5) is 4.79 Å². The second-order valence-corrected chi connectivity index (χ2v) is 5.54. The molecule has 0 atom stereocenters. The number of carbonyl (C=O) groups is 1. The van der Waals surface area contributed by atoms with E-state index >= 15 is 0 Å². The van der Waals surface area contributed by atoms with Gasteiger partial charge in [-0.15, -0.1) is 0 Å². The molecule has 0 radical (unpaired) electrons. The van der Waals surface area contributed by atoms with E-state index in [0.717, 1.165) is 16.9 Å². The summed E-state index contributed by atoms with van der Waals surface area (Å²) < 4.78 is 11.6. The SMILES string of the molecule is CCOC(=O)n1nc(/C=C/c2ccccc2)cc1-c1ccc(OC)cc1. The monoisotopic (exact) mass is 348 g/mol. The first-order valence-electron chi connectivity index (χ1n) is 8.36. The molecule has 0 aliphatic rings. The van der Waals surface area contributed by atoms with Crippen LogP contribution in [0.3, 0.4) is 0 Å². The Bertz CT molecular complexity index is 897. The van der Waals surface area contributed by atoms with E-state index in [2.05, 4.69) is 5.10 Å². The molecule has 0 amide bonds. The number of hydrogen-bond acceptors (Lipinski definition) is 4. The summed E-state index contributed by atoms with van der Waals surface area (Å²) in [5.74, 6) is 0.750. The number of hydrogen-bond donors (Lipinski definition) is 0. The number of carbonyl (C=O) groups excluding carboxylic acids is 1. The standard InChI is InChI=1S/C21H20N2O3/c1-3-26-21(24)23-20(17-10-13-19(25-2)14-11-17)15-18(22-23)12-9-16-7-5-4-6-8-16/h4-15H,3H2,1-2H3/b12-9+. The highest BCUT2D eigenvalue weighted by molar-refractivity contribution is 5.80. The van der Waals surface area contributed by atoms with E-state index < -0.39 is 6.09 Å². The Kier molecular flexibility index (Phi) is 5.49.